The van der Waals surface area contributed by atoms with Crippen LogP contribution < -0.4 is 4.90 Å². The van der Waals surface area contributed by atoms with Crippen molar-refractivity contribution in [3.8, 4) is 0 Å². The third kappa shape index (κ3) is 2.99. The molecule has 1 saturated heterocycles. The molecule has 0 spiro atoms. The van der Waals surface area contributed by atoms with Crippen LogP contribution in [0.1, 0.15) is 30.1 Å². The van der Waals surface area contributed by atoms with Crippen molar-refractivity contribution in [3.05, 3.63) is 66.1 Å². The Hall–Kier alpha value is -3.08. The molecule has 0 atom stereocenters. The molecule has 4 aromatic rings. The number of nitrogens with zero attached hydrogens (tertiary/aromatic N) is 5. The maximum Gasteiger partial charge on any atom is 0.159 e. The highest BCUT2D eigenvalue weighted by atomic mass is 15.2. The summed E-state index contributed by atoms with van der Waals surface area (Å²) in [4.78, 5) is 21.2. The van der Waals surface area contributed by atoms with Gasteiger partial charge < -0.3 is 4.90 Å². The Morgan fingerprint density at radius 3 is 2.44 bits per heavy atom. The monoisotopic (exact) mass is 355 g/mol. The Balaban J connectivity index is 1.37. The number of anilines is 1. The van der Waals surface area contributed by atoms with Crippen molar-refractivity contribution in [2.24, 2.45) is 0 Å². The molecule has 1 aliphatic rings. The van der Waals surface area contributed by atoms with Gasteiger partial charge in [-0.1, -0.05) is 12.1 Å². The van der Waals surface area contributed by atoms with Gasteiger partial charge in [-0.2, -0.15) is 0 Å². The normalized spacial score (nSPS) is 15.5. The third-order valence-electron chi connectivity index (χ3n) is 5.42. The first-order valence-electron chi connectivity index (χ1n) is 9.48. The lowest BCUT2D eigenvalue weighted by molar-refractivity contribution is 0.494. The Bertz CT molecular complexity index is 1120. The van der Waals surface area contributed by atoms with Crippen molar-refractivity contribution >= 4 is 27.9 Å². The highest BCUT2D eigenvalue weighted by Crippen LogP contribution is 2.31. The average molecular weight is 355 g/mol. The second-order valence-corrected chi connectivity index (χ2v) is 7.17. The fourth-order valence-electron chi connectivity index (χ4n) is 3.96. The first-order valence-corrected chi connectivity index (χ1v) is 9.48. The molecule has 134 valence electrons. The standard InChI is InChI=1S/C22H21N5/c1-15-22(26-20-7-3-2-6-19(20)24-15)27-13-10-16(11-14-27)18-9-8-17-5-4-12-23-21(17)25-18/h2-9,12,16H,10-11,13-14H2,1H3. The Morgan fingerprint density at radius 2 is 1.63 bits per heavy atom. The van der Waals surface area contributed by atoms with E-state index in [4.69, 9.17) is 15.0 Å². The van der Waals surface area contributed by atoms with Gasteiger partial charge in [-0.15, -0.1) is 0 Å². The van der Waals surface area contributed by atoms with Crippen molar-refractivity contribution < 1.29 is 0 Å². The van der Waals surface area contributed by atoms with Gasteiger partial charge in [-0.05, 0) is 56.2 Å². The van der Waals surface area contributed by atoms with Crippen molar-refractivity contribution in [1.82, 2.24) is 19.9 Å². The van der Waals surface area contributed by atoms with E-state index in [0.29, 0.717) is 5.92 Å². The molecule has 1 aliphatic heterocycles. The maximum absolute atomic E-state index is 4.87. The van der Waals surface area contributed by atoms with E-state index in [1.54, 1.807) is 0 Å². The van der Waals surface area contributed by atoms with Crippen LogP contribution in [0, 0.1) is 6.92 Å². The largest absolute Gasteiger partial charge is 0.355 e. The minimum Gasteiger partial charge on any atom is -0.355 e. The quantitative estimate of drug-likeness (QED) is 0.538. The summed E-state index contributed by atoms with van der Waals surface area (Å²) in [5.41, 5.74) is 4.92. The van der Waals surface area contributed by atoms with Crippen LogP contribution in [-0.4, -0.2) is 33.0 Å². The summed E-state index contributed by atoms with van der Waals surface area (Å²) in [6, 6.07) is 16.4. The van der Waals surface area contributed by atoms with Gasteiger partial charge in [0.2, 0.25) is 0 Å². The number of pyridine rings is 2. The highest BCUT2D eigenvalue weighted by molar-refractivity contribution is 5.76. The van der Waals surface area contributed by atoms with Gasteiger partial charge in [-0.25, -0.2) is 19.9 Å². The SMILES string of the molecule is Cc1nc2ccccc2nc1N1CCC(c2ccc3cccnc3n2)CC1. The topological polar surface area (TPSA) is 54.8 Å². The van der Waals surface area contributed by atoms with Gasteiger partial charge in [0.1, 0.15) is 0 Å². The summed E-state index contributed by atoms with van der Waals surface area (Å²) in [5, 5.41) is 1.10. The smallest absolute Gasteiger partial charge is 0.159 e. The summed E-state index contributed by atoms with van der Waals surface area (Å²) in [6.45, 7) is 4.00. The number of aromatic nitrogens is 4. The minimum absolute atomic E-state index is 0.473. The van der Waals surface area contributed by atoms with Crippen LogP contribution in [0.25, 0.3) is 22.1 Å². The lowest BCUT2D eigenvalue weighted by Gasteiger charge is -2.33. The number of piperidine rings is 1. The molecule has 1 fully saturated rings. The molecule has 0 aliphatic carbocycles. The van der Waals surface area contributed by atoms with Crippen LogP contribution in [0.5, 0.6) is 0 Å². The van der Waals surface area contributed by atoms with Crippen LogP contribution in [0.15, 0.2) is 54.7 Å². The number of benzene rings is 1. The fraction of sp³-hybridized carbons (Fsp3) is 0.273. The van der Waals surface area contributed by atoms with E-state index in [1.165, 1.54) is 0 Å². The first kappa shape index (κ1) is 16.1. The molecule has 0 radical (unpaired) electrons. The van der Waals surface area contributed by atoms with E-state index in [2.05, 4.69) is 35.0 Å². The van der Waals surface area contributed by atoms with E-state index in [1.807, 2.05) is 36.5 Å². The Kier molecular flexibility index (Phi) is 3.93. The summed E-state index contributed by atoms with van der Waals surface area (Å²) in [5.74, 6) is 1.49. The van der Waals surface area contributed by atoms with Gasteiger partial charge in [0, 0.05) is 36.3 Å². The lowest BCUT2D eigenvalue weighted by Crippen LogP contribution is -2.34. The van der Waals surface area contributed by atoms with E-state index in [9.17, 15) is 0 Å². The molecular weight excluding hydrogens is 334 g/mol. The summed E-state index contributed by atoms with van der Waals surface area (Å²) < 4.78 is 0. The van der Waals surface area contributed by atoms with Crippen molar-refractivity contribution in [2.45, 2.75) is 25.7 Å². The molecule has 0 bridgehead atoms. The maximum atomic E-state index is 4.87. The molecule has 5 nitrogen and oxygen atoms in total. The molecule has 0 unspecified atom stereocenters. The van der Waals surface area contributed by atoms with Crippen LogP contribution in [-0.2, 0) is 0 Å². The van der Waals surface area contributed by atoms with E-state index >= 15 is 0 Å². The van der Waals surface area contributed by atoms with Crippen LogP contribution in [0.3, 0.4) is 0 Å². The van der Waals surface area contributed by atoms with Gasteiger partial charge in [0.25, 0.3) is 0 Å². The predicted molar refractivity (Wildman–Crippen MR) is 108 cm³/mol. The predicted octanol–water partition coefficient (Wildman–Crippen LogP) is 4.27. The molecule has 3 aromatic heterocycles. The number of rotatable bonds is 2. The number of hydrogen-bond acceptors (Lipinski definition) is 5. The van der Waals surface area contributed by atoms with Gasteiger partial charge >= 0.3 is 0 Å². The van der Waals surface area contributed by atoms with E-state index in [-0.39, 0.29) is 0 Å². The second-order valence-electron chi connectivity index (χ2n) is 7.17. The molecule has 1 aromatic carbocycles. The lowest BCUT2D eigenvalue weighted by atomic mass is 9.92. The van der Waals surface area contributed by atoms with Gasteiger partial charge in [0.15, 0.2) is 11.5 Å². The Labute approximate surface area is 158 Å². The summed E-state index contributed by atoms with van der Waals surface area (Å²) >= 11 is 0. The highest BCUT2D eigenvalue weighted by Gasteiger charge is 2.24. The average Bonchev–Trinajstić information content (AvgIpc) is 2.73. The number of hydrogen-bond donors (Lipinski definition) is 0. The molecule has 5 rings (SSSR count). The molecule has 5 heteroatoms. The van der Waals surface area contributed by atoms with Crippen molar-refractivity contribution in [1.29, 1.82) is 0 Å². The molecular formula is C22H21N5. The third-order valence-corrected chi connectivity index (χ3v) is 5.42. The summed E-state index contributed by atoms with van der Waals surface area (Å²) in [7, 11) is 0. The zero-order chi connectivity index (χ0) is 18.2. The molecule has 4 heterocycles. The fourth-order valence-corrected chi connectivity index (χ4v) is 3.96. The first-order chi connectivity index (χ1) is 13.3. The Morgan fingerprint density at radius 1 is 0.852 bits per heavy atom. The van der Waals surface area contributed by atoms with Crippen LogP contribution in [0.4, 0.5) is 5.82 Å². The number of fused-ring (bicyclic) bond motifs is 2. The van der Waals surface area contributed by atoms with Crippen molar-refractivity contribution in [2.75, 3.05) is 18.0 Å². The minimum atomic E-state index is 0.473. The zero-order valence-electron chi connectivity index (χ0n) is 15.3. The molecule has 0 saturated carbocycles. The molecule has 0 N–H and O–H groups in total. The number of aryl methyl sites for hydroxylation is 1. The second kappa shape index (κ2) is 6.58. The van der Waals surface area contributed by atoms with Crippen LogP contribution >= 0.6 is 0 Å². The van der Waals surface area contributed by atoms with Crippen LogP contribution in [0.2, 0.25) is 0 Å². The van der Waals surface area contributed by atoms with E-state index < -0.39 is 0 Å². The van der Waals surface area contributed by atoms with E-state index in [0.717, 1.165) is 65.2 Å². The summed E-state index contributed by atoms with van der Waals surface area (Å²) in [6.07, 6.45) is 3.95. The molecule has 27 heavy (non-hydrogen) atoms. The van der Waals surface area contributed by atoms with Gasteiger partial charge in [-0.3, -0.25) is 0 Å². The zero-order valence-corrected chi connectivity index (χ0v) is 15.3. The number of para-hydroxylation sites is 2. The molecule has 0 amide bonds. The van der Waals surface area contributed by atoms with Crippen molar-refractivity contribution in [3.63, 3.8) is 0 Å². The van der Waals surface area contributed by atoms with Gasteiger partial charge in [0.05, 0.1) is 16.7 Å².